The molecule has 98 heavy (non-hydrogen) atoms. The number of pyridine rings is 4. The Morgan fingerprint density at radius 1 is 0.459 bits per heavy atom. The maximum Gasteiger partial charge on any atom is 0.316 e. The lowest BCUT2D eigenvalue weighted by Gasteiger charge is -2.31. The average molecular weight is 1510 g/mol. The van der Waals surface area contributed by atoms with E-state index in [-0.39, 0.29) is 24.3 Å². The summed E-state index contributed by atoms with van der Waals surface area (Å²) in [5.74, 6) is -1.38. The van der Waals surface area contributed by atoms with Crippen LogP contribution in [0.1, 0.15) is 107 Å². The lowest BCUT2D eigenvalue weighted by molar-refractivity contribution is -0.144. The van der Waals surface area contributed by atoms with E-state index in [1.807, 2.05) is 128 Å². The summed E-state index contributed by atoms with van der Waals surface area (Å²) in [7, 11) is 5.77. The molecule has 0 unspecified atom stereocenters. The molecule has 0 aliphatic rings. The van der Waals surface area contributed by atoms with Gasteiger partial charge in [0.1, 0.15) is 13.2 Å². The number of aliphatic hydroxyl groups is 2. The number of carbonyl (C=O) groups excluding carboxylic acids is 3. The number of nitrogens with zero attached hydrogens (tertiary/aromatic N) is 7. The van der Waals surface area contributed by atoms with Crippen molar-refractivity contribution in [2.24, 2.45) is 0 Å². The van der Waals surface area contributed by atoms with Crippen molar-refractivity contribution in [2.45, 2.75) is 105 Å². The van der Waals surface area contributed by atoms with Crippen LogP contribution in [-0.2, 0) is 52.7 Å². The fourth-order valence-electron chi connectivity index (χ4n) is 8.88. The van der Waals surface area contributed by atoms with Gasteiger partial charge in [0.25, 0.3) is 0 Å². The van der Waals surface area contributed by atoms with Crippen molar-refractivity contribution in [3.8, 4) is 40.5 Å². The summed E-state index contributed by atoms with van der Waals surface area (Å²) in [6.45, 7) is 15.0. The average Bonchev–Trinajstić information content (AvgIpc) is 0.792. The molecule has 0 fully saturated rings. The first-order valence-corrected chi connectivity index (χ1v) is 33.8. The van der Waals surface area contributed by atoms with E-state index in [1.54, 1.807) is 110 Å². The number of esters is 3. The number of carboxylic acid groups (broad SMARTS) is 1. The molecular formula is C77H77BBr3N7O10. The predicted octanol–water partition coefficient (Wildman–Crippen LogP) is 15.5. The van der Waals surface area contributed by atoms with Gasteiger partial charge in [-0.1, -0.05) is 112 Å². The van der Waals surface area contributed by atoms with E-state index >= 15 is 0 Å². The Morgan fingerprint density at radius 2 is 0.806 bits per heavy atom. The minimum absolute atomic E-state index is 0.0746. The van der Waals surface area contributed by atoms with Crippen LogP contribution in [0.2, 0.25) is 0 Å². The van der Waals surface area contributed by atoms with Crippen molar-refractivity contribution in [1.29, 1.82) is 15.8 Å². The number of carboxylic acids is 1. The molecule has 0 saturated heterocycles. The Balaban J connectivity index is 0.000000256. The van der Waals surface area contributed by atoms with Gasteiger partial charge in [0.05, 0.1) is 65.9 Å². The summed E-state index contributed by atoms with van der Waals surface area (Å²) in [5, 5.41) is 60.5. The zero-order valence-electron chi connectivity index (χ0n) is 55.9. The van der Waals surface area contributed by atoms with Gasteiger partial charge in [-0.2, -0.15) is 15.8 Å². The van der Waals surface area contributed by atoms with Gasteiger partial charge in [0, 0.05) is 99.7 Å². The summed E-state index contributed by atoms with van der Waals surface area (Å²) in [5.41, 5.74) is 8.80. The SMILES string of the molecule is CC(C)(O)C(C)(C)O.CCOC(=O)CBr.CCOC(=O)CCc1ccncc1-c1ccc(C#N)c2ccccc12.CCOC(=O)CCc1ccncc1Br.Cc1ccncc1Br.N#Cc1ccc(-c2cnccc2CCC(=O)O)c2ccccc12.[B]c1ccc(C#N)c2ccccc12. The van der Waals surface area contributed by atoms with Gasteiger partial charge in [-0.15, -0.1) is 0 Å². The lowest BCUT2D eigenvalue weighted by atomic mass is 9.88. The number of halogens is 3. The highest BCUT2D eigenvalue weighted by molar-refractivity contribution is 9.11. The molecule has 0 bridgehead atoms. The molecule has 0 amide bonds. The third kappa shape index (κ3) is 26.1. The van der Waals surface area contributed by atoms with E-state index in [4.69, 9.17) is 37.9 Å². The highest BCUT2D eigenvalue weighted by Crippen LogP contribution is 2.35. The maximum absolute atomic E-state index is 11.7. The van der Waals surface area contributed by atoms with Gasteiger partial charge in [-0.3, -0.25) is 39.1 Å². The van der Waals surface area contributed by atoms with E-state index in [9.17, 15) is 29.7 Å². The molecular weight excluding hydrogens is 1430 g/mol. The van der Waals surface area contributed by atoms with Crippen molar-refractivity contribution in [2.75, 3.05) is 25.2 Å². The Hall–Kier alpha value is -9.53. The monoisotopic (exact) mass is 1510 g/mol. The minimum atomic E-state index is -1.01. The van der Waals surface area contributed by atoms with Crippen molar-refractivity contribution in [3.05, 3.63) is 231 Å². The maximum atomic E-state index is 11.7. The van der Waals surface area contributed by atoms with E-state index in [0.29, 0.717) is 73.9 Å². The van der Waals surface area contributed by atoms with Crippen LogP contribution in [0.25, 0.3) is 54.6 Å². The predicted molar refractivity (Wildman–Crippen MR) is 395 cm³/mol. The highest BCUT2D eigenvalue weighted by atomic mass is 79.9. The van der Waals surface area contributed by atoms with Crippen molar-refractivity contribution in [3.63, 3.8) is 0 Å². The number of nitriles is 3. The van der Waals surface area contributed by atoms with Crippen LogP contribution >= 0.6 is 47.8 Å². The lowest BCUT2D eigenvalue weighted by Crippen LogP contribution is -2.44. The fourth-order valence-corrected chi connectivity index (χ4v) is 9.74. The third-order valence-corrected chi connectivity index (χ3v) is 16.7. The summed E-state index contributed by atoms with van der Waals surface area (Å²) in [6.07, 6.45) is 16.5. The standard InChI is InChI=1S/C21H18N2O2.C19H14N2O2.C11H6BN.C10H12BrNO2.C6H6BrN.C6H14O2.C4H7BrO2/c1-2-25-21(24)10-8-15-11-12-23-14-20(15)19-9-7-16(13-22)17-5-3-4-6-18(17)19;20-11-14-5-7-17(16-4-2-1-3-15(14)16)18-12-21-10-9-13(18)6-8-19(22)23;12-11-6-5-8(7-13)9-3-1-2-4-10(9)11;1-2-14-10(13)4-3-8-5-6-12-7-9(8)11;1-5-2-3-8-4-6(5)7;1-5(2,7)6(3,4)8;1-2-7-4(6)3-5/h3-7,9,11-12,14H,2,8,10H2,1H3;1-5,7,9-10,12H,6,8H2,(H,22,23);1-6H;5-7H,2-4H2,1H3;2-4H,1H3;7-8H,1-4H3;2-3H2,1H3. The number of ether oxygens (including phenoxy) is 3. The molecule has 0 saturated carbocycles. The van der Waals surface area contributed by atoms with Crippen molar-refractivity contribution in [1.82, 2.24) is 19.9 Å². The molecule has 3 N–H and O–H groups in total. The molecule has 504 valence electrons. The minimum Gasteiger partial charge on any atom is -0.481 e. The number of benzene rings is 6. The summed E-state index contributed by atoms with van der Waals surface area (Å²) in [4.78, 5) is 60.1. The summed E-state index contributed by atoms with van der Waals surface area (Å²) in [6, 6.07) is 48.5. The molecule has 0 aliphatic carbocycles. The van der Waals surface area contributed by atoms with Gasteiger partial charge in [0.15, 0.2) is 0 Å². The Labute approximate surface area is 599 Å². The second-order valence-corrected chi connectivity index (χ2v) is 24.5. The zero-order valence-corrected chi connectivity index (χ0v) is 60.7. The quantitative estimate of drug-likeness (QED) is 0.0351. The first kappa shape index (κ1) is 80.9. The number of rotatable bonds is 16. The molecule has 0 atom stereocenters. The van der Waals surface area contributed by atoms with Crippen molar-refractivity contribution < 1.29 is 48.7 Å². The third-order valence-electron chi connectivity index (χ3n) is 14.7. The van der Waals surface area contributed by atoms with Crippen LogP contribution in [0.4, 0.5) is 0 Å². The van der Waals surface area contributed by atoms with Gasteiger partial charge in [-0.25, -0.2) is 0 Å². The largest absolute Gasteiger partial charge is 0.481 e. The first-order chi connectivity index (χ1) is 46.9. The van der Waals surface area contributed by atoms with E-state index < -0.39 is 17.2 Å². The van der Waals surface area contributed by atoms with E-state index in [0.717, 1.165) is 85.7 Å². The number of aromatic nitrogens is 4. The molecule has 4 aromatic heterocycles. The van der Waals surface area contributed by atoms with Gasteiger partial charge in [-0.05, 0) is 204 Å². The molecule has 0 spiro atoms. The number of alkyl halides is 1. The topological polar surface area (TPSA) is 280 Å². The Kier molecular flexibility index (Phi) is 34.9. The van der Waals surface area contributed by atoms with Crippen LogP contribution in [-0.4, -0.2) is 103 Å². The second kappa shape index (κ2) is 42.2. The Bertz CT molecular complexity index is 4370. The Morgan fingerprint density at radius 3 is 1.16 bits per heavy atom. The van der Waals surface area contributed by atoms with Crippen molar-refractivity contribution >= 4 is 117 Å². The van der Waals surface area contributed by atoms with Gasteiger partial charge < -0.3 is 29.5 Å². The first-order valence-electron chi connectivity index (χ1n) is 31.1. The van der Waals surface area contributed by atoms with Gasteiger partial charge >= 0.3 is 23.9 Å². The van der Waals surface area contributed by atoms with Gasteiger partial charge in [0.2, 0.25) is 0 Å². The number of carbonyl (C=O) groups is 4. The zero-order chi connectivity index (χ0) is 72.2. The molecule has 0 aliphatic heterocycles. The second-order valence-electron chi connectivity index (χ2n) is 22.2. The molecule has 6 aromatic carbocycles. The number of aryl methyl sites for hydroxylation is 4. The van der Waals surface area contributed by atoms with Crippen LogP contribution in [0, 0.1) is 40.9 Å². The fraction of sp³-hybridized carbons (Fsp3) is 0.260. The molecule has 17 nitrogen and oxygen atoms in total. The molecule has 2 radical (unpaired) electrons. The van der Waals surface area contributed by atoms with Crippen LogP contribution in [0.15, 0.2) is 192 Å². The van der Waals surface area contributed by atoms with E-state index in [1.165, 1.54) is 5.56 Å². The van der Waals surface area contributed by atoms with Crippen LogP contribution in [0.3, 0.4) is 0 Å². The number of fused-ring (bicyclic) bond motifs is 3. The normalized spacial score (nSPS) is 10.3. The summed E-state index contributed by atoms with van der Waals surface area (Å²) < 4.78 is 16.4. The number of hydrogen-bond acceptors (Lipinski definition) is 16. The molecule has 4 heterocycles. The smallest absolute Gasteiger partial charge is 0.316 e. The molecule has 21 heteroatoms. The summed E-state index contributed by atoms with van der Waals surface area (Å²) >= 11 is 9.64. The van der Waals surface area contributed by atoms with Crippen LogP contribution < -0.4 is 5.46 Å². The molecule has 10 aromatic rings. The van der Waals surface area contributed by atoms with Crippen LogP contribution in [0.5, 0.6) is 0 Å². The molecule has 10 rings (SSSR count). The highest BCUT2D eigenvalue weighted by Gasteiger charge is 2.32. The number of hydrogen-bond donors (Lipinski definition) is 3. The number of aliphatic carboxylic acids is 1. The van der Waals surface area contributed by atoms with E-state index in [2.05, 4.69) is 90.7 Å².